The Morgan fingerprint density at radius 2 is 2.07 bits per heavy atom. The lowest BCUT2D eigenvalue weighted by Gasteiger charge is -2.27. The number of rotatable bonds is 2. The largest absolute Gasteiger partial charge is 0.386 e. The van der Waals surface area contributed by atoms with E-state index in [-0.39, 0.29) is 5.41 Å². The summed E-state index contributed by atoms with van der Waals surface area (Å²) in [6, 6.07) is 3.86. The second kappa shape index (κ2) is 3.62. The molecule has 2 heteroatoms. The van der Waals surface area contributed by atoms with Crippen LogP contribution in [0.3, 0.4) is 0 Å². The third-order valence-corrected chi connectivity index (χ3v) is 2.29. The molecule has 1 rings (SSSR count). The minimum atomic E-state index is -0.464. The van der Waals surface area contributed by atoms with Gasteiger partial charge in [0, 0.05) is 11.9 Å². The molecular weight excluding hydrogens is 174 g/mol. The van der Waals surface area contributed by atoms with Gasteiger partial charge in [-0.15, -0.1) is 0 Å². The Labute approximate surface area is 85.9 Å². The van der Waals surface area contributed by atoms with Gasteiger partial charge in [-0.1, -0.05) is 27.4 Å². The van der Waals surface area contributed by atoms with Crippen molar-refractivity contribution in [1.29, 1.82) is 0 Å². The van der Waals surface area contributed by atoms with Crippen molar-refractivity contribution in [2.75, 3.05) is 0 Å². The predicted molar refractivity (Wildman–Crippen MR) is 59.9 cm³/mol. The number of aliphatic hydroxyl groups is 1. The Morgan fingerprint density at radius 1 is 1.50 bits per heavy atom. The number of nitrogens with zero attached hydrogens (tertiary/aromatic N) is 1. The summed E-state index contributed by atoms with van der Waals surface area (Å²) in [7, 11) is 0. The van der Waals surface area contributed by atoms with Crippen LogP contribution >= 0.6 is 0 Å². The molecule has 1 heterocycles. The molecule has 0 aliphatic heterocycles. The SMILES string of the molecule is C=C(C)n1cccc1C(O)C(C)(C)C. The summed E-state index contributed by atoms with van der Waals surface area (Å²) >= 11 is 0. The van der Waals surface area contributed by atoms with E-state index in [1.165, 1.54) is 0 Å². The Kier molecular flexibility index (Phi) is 2.86. The molecule has 0 fully saturated rings. The highest BCUT2D eigenvalue weighted by molar-refractivity contribution is 5.41. The van der Waals surface area contributed by atoms with Gasteiger partial charge >= 0.3 is 0 Å². The number of aliphatic hydroxyl groups excluding tert-OH is 1. The maximum absolute atomic E-state index is 10.1. The summed E-state index contributed by atoms with van der Waals surface area (Å²) < 4.78 is 1.93. The van der Waals surface area contributed by atoms with Gasteiger partial charge in [0.05, 0.1) is 11.8 Å². The van der Waals surface area contributed by atoms with Crippen LogP contribution in [0.25, 0.3) is 5.70 Å². The van der Waals surface area contributed by atoms with E-state index in [2.05, 4.69) is 6.58 Å². The van der Waals surface area contributed by atoms with Gasteiger partial charge in [0.1, 0.15) is 0 Å². The van der Waals surface area contributed by atoms with Crippen LogP contribution in [0.4, 0.5) is 0 Å². The average Bonchev–Trinajstić information content (AvgIpc) is 2.48. The number of hydrogen-bond acceptors (Lipinski definition) is 1. The molecule has 0 amide bonds. The van der Waals surface area contributed by atoms with Gasteiger partial charge < -0.3 is 9.67 Å². The van der Waals surface area contributed by atoms with Crippen LogP contribution in [-0.2, 0) is 0 Å². The maximum atomic E-state index is 10.1. The van der Waals surface area contributed by atoms with Crippen LogP contribution in [0.1, 0.15) is 39.5 Å². The van der Waals surface area contributed by atoms with E-state index < -0.39 is 6.10 Å². The van der Waals surface area contributed by atoms with Crippen molar-refractivity contribution in [1.82, 2.24) is 4.57 Å². The van der Waals surface area contributed by atoms with Crippen molar-refractivity contribution in [3.8, 4) is 0 Å². The number of allylic oxidation sites excluding steroid dienone is 1. The van der Waals surface area contributed by atoms with Crippen LogP contribution in [0.15, 0.2) is 24.9 Å². The lowest BCUT2D eigenvalue weighted by molar-refractivity contribution is 0.0577. The first-order valence-corrected chi connectivity index (χ1v) is 4.85. The van der Waals surface area contributed by atoms with Gasteiger partial charge in [0.2, 0.25) is 0 Å². The second-order valence-corrected chi connectivity index (χ2v) is 4.81. The first-order chi connectivity index (χ1) is 6.34. The minimum absolute atomic E-state index is 0.147. The van der Waals surface area contributed by atoms with E-state index in [9.17, 15) is 5.11 Å². The molecule has 1 N–H and O–H groups in total. The molecule has 1 unspecified atom stereocenters. The summed E-state index contributed by atoms with van der Waals surface area (Å²) in [5.41, 5.74) is 1.68. The van der Waals surface area contributed by atoms with Gasteiger partial charge in [0.15, 0.2) is 0 Å². The zero-order valence-corrected chi connectivity index (χ0v) is 9.41. The predicted octanol–water partition coefficient (Wildman–Crippen LogP) is 3.06. The molecule has 2 nitrogen and oxygen atoms in total. The van der Waals surface area contributed by atoms with Crippen LogP contribution < -0.4 is 0 Å². The van der Waals surface area contributed by atoms with Gasteiger partial charge in [0.25, 0.3) is 0 Å². The molecule has 0 bridgehead atoms. The van der Waals surface area contributed by atoms with Crippen molar-refractivity contribution in [2.24, 2.45) is 5.41 Å². The molecule has 1 aromatic heterocycles. The highest BCUT2D eigenvalue weighted by Crippen LogP contribution is 2.33. The molecule has 0 aliphatic carbocycles. The fourth-order valence-electron chi connectivity index (χ4n) is 1.41. The summed E-state index contributed by atoms with van der Waals surface area (Å²) in [5.74, 6) is 0. The molecule has 0 saturated carbocycles. The van der Waals surface area contributed by atoms with Crippen LogP contribution in [0, 0.1) is 5.41 Å². The van der Waals surface area contributed by atoms with Crippen LogP contribution in [0.5, 0.6) is 0 Å². The minimum Gasteiger partial charge on any atom is -0.386 e. The van der Waals surface area contributed by atoms with E-state index in [1.807, 2.05) is 50.6 Å². The summed E-state index contributed by atoms with van der Waals surface area (Å²) in [6.07, 6.45) is 1.46. The highest BCUT2D eigenvalue weighted by Gasteiger charge is 2.26. The quantitative estimate of drug-likeness (QED) is 0.767. The summed E-state index contributed by atoms with van der Waals surface area (Å²) in [5, 5.41) is 10.1. The Bertz CT molecular complexity index is 330. The zero-order valence-electron chi connectivity index (χ0n) is 9.41. The van der Waals surface area contributed by atoms with Crippen molar-refractivity contribution >= 4 is 5.70 Å². The molecular formula is C12H19NO. The van der Waals surface area contributed by atoms with Crippen LogP contribution in [-0.4, -0.2) is 9.67 Å². The number of hydrogen-bond donors (Lipinski definition) is 1. The maximum Gasteiger partial charge on any atom is 0.0991 e. The fraction of sp³-hybridized carbons (Fsp3) is 0.500. The van der Waals surface area contributed by atoms with Gasteiger partial charge in [-0.05, 0) is 24.5 Å². The first kappa shape index (κ1) is 11.1. The molecule has 0 spiro atoms. The number of aromatic nitrogens is 1. The van der Waals surface area contributed by atoms with E-state index in [0.717, 1.165) is 11.4 Å². The summed E-state index contributed by atoms with van der Waals surface area (Å²) in [6.45, 7) is 11.9. The summed E-state index contributed by atoms with van der Waals surface area (Å²) in [4.78, 5) is 0. The van der Waals surface area contributed by atoms with Crippen molar-refractivity contribution in [2.45, 2.75) is 33.8 Å². The van der Waals surface area contributed by atoms with E-state index >= 15 is 0 Å². The topological polar surface area (TPSA) is 25.2 Å². The molecule has 0 aliphatic rings. The first-order valence-electron chi connectivity index (χ1n) is 4.85. The Morgan fingerprint density at radius 3 is 2.50 bits per heavy atom. The fourth-order valence-corrected chi connectivity index (χ4v) is 1.41. The van der Waals surface area contributed by atoms with Crippen molar-refractivity contribution in [3.63, 3.8) is 0 Å². The normalized spacial score (nSPS) is 14.1. The van der Waals surface area contributed by atoms with Crippen molar-refractivity contribution in [3.05, 3.63) is 30.6 Å². The van der Waals surface area contributed by atoms with E-state index in [4.69, 9.17) is 0 Å². The Balaban J connectivity index is 3.07. The molecule has 14 heavy (non-hydrogen) atoms. The van der Waals surface area contributed by atoms with E-state index in [1.54, 1.807) is 0 Å². The third-order valence-electron chi connectivity index (χ3n) is 2.29. The smallest absolute Gasteiger partial charge is 0.0991 e. The molecule has 0 saturated heterocycles. The molecule has 0 aromatic carbocycles. The van der Waals surface area contributed by atoms with Crippen LogP contribution in [0.2, 0.25) is 0 Å². The monoisotopic (exact) mass is 193 g/mol. The van der Waals surface area contributed by atoms with Gasteiger partial charge in [-0.2, -0.15) is 0 Å². The molecule has 1 atom stereocenters. The molecule has 78 valence electrons. The lowest BCUT2D eigenvalue weighted by Crippen LogP contribution is -2.20. The van der Waals surface area contributed by atoms with Crippen molar-refractivity contribution < 1.29 is 5.11 Å². The van der Waals surface area contributed by atoms with Gasteiger partial charge in [-0.3, -0.25) is 0 Å². The highest BCUT2D eigenvalue weighted by atomic mass is 16.3. The lowest BCUT2D eigenvalue weighted by atomic mass is 9.87. The second-order valence-electron chi connectivity index (χ2n) is 4.81. The average molecular weight is 193 g/mol. The molecule has 0 radical (unpaired) electrons. The zero-order chi connectivity index (χ0) is 10.9. The van der Waals surface area contributed by atoms with Gasteiger partial charge in [-0.25, -0.2) is 0 Å². The Hall–Kier alpha value is -1.02. The third kappa shape index (κ3) is 2.07. The molecule has 1 aromatic rings. The standard InChI is InChI=1S/C12H19NO/c1-9(2)13-8-6-7-10(13)11(14)12(3,4)5/h6-8,11,14H,1H2,2-5H3. The van der Waals surface area contributed by atoms with E-state index in [0.29, 0.717) is 0 Å².